The Balaban J connectivity index is 1.62. The fourth-order valence-corrected chi connectivity index (χ4v) is 3.01. The molecule has 1 saturated carbocycles. The van der Waals surface area contributed by atoms with E-state index >= 15 is 0 Å². The van der Waals surface area contributed by atoms with Crippen molar-refractivity contribution in [3.05, 3.63) is 39.3 Å². The van der Waals surface area contributed by atoms with Gasteiger partial charge in [-0.15, -0.1) is 11.3 Å². The zero-order valence-electron chi connectivity index (χ0n) is 11.1. The van der Waals surface area contributed by atoms with Crippen molar-refractivity contribution in [1.82, 2.24) is 15.1 Å². The Labute approximate surface area is 116 Å². The maximum Gasteiger partial charge on any atom is 0.261 e. The molecule has 2 aromatic rings. The van der Waals surface area contributed by atoms with E-state index in [2.05, 4.69) is 16.5 Å². The molecule has 0 bridgehead atoms. The molecule has 19 heavy (non-hydrogen) atoms. The zero-order valence-corrected chi connectivity index (χ0v) is 12.0. The standard InChI is InChI=1S/C14H17N3OS/c1-9-5-13(19-8-9)14(18)15-7-11-6-12(10-3-4-10)17(2)16-11/h5-6,8,10H,3-4,7H2,1-2H3,(H,15,18). The van der Waals surface area contributed by atoms with Crippen molar-refractivity contribution in [1.29, 1.82) is 0 Å². The number of aryl methyl sites for hydroxylation is 2. The van der Waals surface area contributed by atoms with E-state index in [-0.39, 0.29) is 5.91 Å². The van der Waals surface area contributed by atoms with Crippen molar-refractivity contribution < 1.29 is 4.79 Å². The number of hydrogen-bond donors (Lipinski definition) is 1. The minimum Gasteiger partial charge on any atom is -0.346 e. The molecule has 2 heterocycles. The van der Waals surface area contributed by atoms with E-state index in [1.54, 1.807) is 0 Å². The molecule has 2 aromatic heterocycles. The summed E-state index contributed by atoms with van der Waals surface area (Å²) in [5, 5.41) is 9.36. The summed E-state index contributed by atoms with van der Waals surface area (Å²) < 4.78 is 1.94. The first-order valence-electron chi connectivity index (χ1n) is 6.49. The average Bonchev–Trinajstić information content (AvgIpc) is 3.03. The Hall–Kier alpha value is -1.62. The summed E-state index contributed by atoms with van der Waals surface area (Å²) in [5.41, 5.74) is 3.35. The van der Waals surface area contributed by atoms with Gasteiger partial charge in [0.1, 0.15) is 0 Å². The second-order valence-corrected chi connectivity index (χ2v) is 6.04. The van der Waals surface area contributed by atoms with E-state index in [4.69, 9.17) is 0 Å². The number of amides is 1. The maximum atomic E-state index is 11.9. The monoisotopic (exact) mass is 275 g/mol. The third-order valence-corrected chi connectivity index (χ3v) is 4.39. The Morgan fingerprint density at radius 2 is 2.32 bits per heavy atom. The molecule has 100 valence electrons. The molecule has 1 amide bonds. The minimum absolute atomic E-state index is 0.0169. The first kappa shape index (κ1) is 12.4. The van der Waals surface area contributed by atoms with E-state index < -0.39 is 0 Å². The van der Waals surface area contributed by atoms with Gasteiger partial charge in [-0.05, 0) is 42.8 Å². The van der Waals surface area contributed by atoms with Crippen molar-refractivity contribution in [2.75, 3.05) is 0 Å². The third kappa shape index (κ3) is 2.71. The van der Waals surface area contributed by atoms with Crippen molar-refractivity contribution in [3.63, 3.8) is 0 Å². The van der Waals surface area contributed by atoms with Gasteiger partial charge in [-0.2, -0.15) is 5.10 Å². The second-order valence-electron chi connectivity index (χ2n) is 5.13. The minimum atomic E-state index is -0.0169. The molecule has 0 aromatic carbocycles. The highest BCUT2D eigenvalue weighted by Gasteiger charge is 2.27. The Kier molecular flexibility index (Phi) is 3.14. The molecule has 0 radical (unpaired) electrons. The van der Waals surface area contributed by atoms with Gasteiger partial charge < -0.3 is 5.32 Å². The van der Waals surface area contributed by atoms with Crippen LogP contribution in [0, 0.1) is 6.92 Å². The lowest BCUT2D eigenvalue weighted by Gasteiger charge is -2.00. The van der Waals surface area contributed by atoms with Gasteiger partial charge in [-0.25, -0.2) is 0 Å². The zero-order chi connectivity index (χ0) is 13.4. The number of carbonyl (C=O) groups is 1. The number of hydrogen-bond acceptors (Lipinski definition) is 3. The number of rotatable bonds is 4. The summed E-state index contributed by atoms with van der Waals surface area (Å²) >= 11 is 1.48. The van der Waals surface area contributed by atoms with Crippen molar-refractivity contribution in [3.8, 4) is 0 Å². The lowest BCUT2D eigenvalue weighted by molar-refractivity contribution is 0.0954. The van der Waals surface area contributed by atoms with Gasteiger partial charge in [0.05, 0.1) is 17.1 Å². The Morgan fingerprint density at radius 3 is 2.95 bits per heavy atom. The van der Waals surface area contributed by atoms with Crippen molar-refractivity contribution >= 4 is 17.2 Å². The smallest absolute Gasteiger partial charge is 0.261 e. The highest BCUT2D eigenvalue weighted by molar-refractivity contribution is 7.12. The predicted octanol–water partition coefficient (Wildman–Crippen LogP) is 2.60. The summed E-state index contributed by atoms with van der Waals surface area (Å²) in [4.78, 5) is 12.7. The van der Waals surface area contributed by atoms with Crippen LogP contribution in [0.25, 0.3) is 0 Å². The van der Waals surface area contributed by atoms with Crippen LogP contribution in [0.3, 0.4) is 0 Å². The summed E-state index contributed by atoms with van der Waals surface area (Å²) in [5.74, 6) is 0.665. The molecule has 0 spiro atoms. The number of nitrogens with zero attached hydrogens (tertiary/aromatic N) is 2. The van der Waals surface area contributed by atoms with Crippen LogP contribution in [-0.2, 0) is 13.6 Å². The van der Waals surface area contributed by atoms with Crippen LogP contribution in [0.5, 0.6) is 0 Å². The molecular weight excluding hydrogens is 258 g/mol. The molecule has 3 rings (SSSR count). The highest BCUT2D eigenvalue weighted by atomic mass is 32.1. The summed E-state index contributed by atoms with van der Waals surface area (Å²) in [6, 6.07) is 4.02. The fraction of sp³-hybridized carbons (Fsp3) is 0.429. The van der Waals surface area contributed by atoms with Crippen LogP contribution in [0.2, 0.25) is 0 Å². The van der Waals surface area contributed by atoms with Gasteiger partial charge in [0.25, 0.3) is 5.91 Å². The quantitative estimate of drug-likeness (QED) is 0.932. The molecular formula is C14H17N3OS. The van der Waals surface area contributed by atoms with E-state index in [1.165, 1.54) is 29.9 Å². The van der Waals surface area contributed by atoms with Gasteiger partial charge in [0.2, 0.25) is 0 Å². The molecule has 1 N–H and O–H groups in total. The third-order valence-electron chi connectivity index (χ3n) is 3.35. The molecule has 1 aliphatic rings. The van der Waals surface area contributed by atoms with E-state index in [9.17, 15) is 4.79 Å². The SMILES string of the molecule is Cc1csc(C(=O)NCc2cc(C3CC3)n(C)n2)c1. The van der Waals surface area contributed by atoms with Crippen LogP contribution >= 0.6 is 11.3 Å². The number of carbonyl (C=O) groups excluding carboxylic acids is 1. The summed E-state index contributed by atoms with van der Waals surface area (Å²) in [6.07, 6.45) is 2.53. The van der Waals surface area contributed by atoms with Gasteiger partial charge >= 0.3 is 0 Å². The Bertz CT molecular complexity index is 610. The number of nitrogens with one attached hydrogen (secondary N) is 1. The first-order valence-corrected chi connectivity index (χ1v) is 7.37. The average molecular weight is 275 g/mol. The molecule has 0 aliphatic heterocycles. The molecule has 1 aliphatic carbocycles. The van der Waals surface area contributed by atoms with E-state index in [0.29, 0.717) is 12.5 Å². The second kappa shape index (κ2) is 4.81. The lowest BCUT2D eigenvalue weighted by Crippen LogP contribution is -2.22. The summed E-state index contributed by atoms with van der Waals surface area (Å²) in [7, 11) is 1.97. The normalized spacial score (nSPS) is 14.6. The van der Waals surface area contributed by atoms with Crippen LogP contribution < -0.4 is 5.32 Å². The molecule has 0 atom stereocenters. The number of aromatic nitrogens is 2. The van der Waals surface area contributed by atoms with Crippen molar-refractivity contribution in [2.45, 2.75) is 32.2 Å². The van der Waals surface area contributed by atoms with Gasteiger partial charge in [0.15, 0.2) is 0 Å². The van der Waals surface area contributed by atoms with Crippen LogP contribution in [0.1, 0.15) is 45.4 Å². The summed E-state index contributed by atoms with van der Waals surface area (Å²) in [6.45, 7) is 2.49. The van der Waals surface area contributed by atoms with Crippen molar-refractivity contribution in [2.24, 2.45) is 7.05 Å². The van der Waals surface area contributed by atoms with Gasteiger partial charge in [0, 0.05) is 18.7 Å². The van der Waals surface area contributed by atoms with Gasteiger partial charge in [-0.1, -0.05) is 0 Å². The number of thiophene rings is 1. The highest BCUT2D eigenvalue weighted by Crippen LogP contribution is 2.39. The largest absolute Gasteiger partial charge is 0.346 e. The van der Waals surface area contributed by atoms with Gasteiger partial charge in [-0.3, -0.25) is 9.48 Å². The van der Waals surface area contributed by atoms with Crippen LogP contribution in [0.4, 0.5) is 0 Å². The molecule has 4 nitrogen and oxygen atoms in total. The van der Waals surface area contributed by atoms with Crippen LogP contribution in [0.15, 0.2) is 17.5 Å². The Morgan fingerprint density at radius 1 is 1.53 bits per heavy atom. The van der Waals surface area contributed by atoms with E-state index in [0.717, 1.165) is 16.1 Å². The van der Waals surface area contributed by atoms with E-state index in [1.807, 2.05) is 30.1 Å². The molecule has 0 saturated heterocycles. The topological polar surface area (TPSA) is 46.9 Å². The molecule has 1 fully saturated rings. The fourth-order valence-electron chi connectivity index (χ4n) is 2.20. The maximum absolute atomic E-state index is 11.9. The molecule has 5 heteroatoms. The molecule has 0 unspecified atom stereocenters. The lowest BCUT2D eigenvalue weighted by atomic mass is 10.2. The van der Waals surface area contributed by atoms with Crippen LogP contribution in [-0.4, -0.2) is 15.7 Å². The predicted molar refractivity (Wildman–Crippen MR) is 75.4 cm³/mol. The first-order chi connectivity index (χ1) is 9.13.